The summed E-state index contributed by atoms with van der Waals surface area (Å²) >= 11 is 1.77. The molecule has 0 aliphatic heterocycles. The van der Waals surface area contributed by atoms with Crippen molar-refractivity contribution in [1.82, 2.24) is 5.32 Å². The Balaban J connectivity index is 1.86. The average Bonchev–Trinajstić information content (AvgIpc) is 2.84. The van der Waals surface area contributed by atoms with Gasteiger partial charge in [0.1, 0.15) is 0 Å². The Morgan fingerprint density at radius 3 is 2.94 bits per heavy atom. The van der Waals surface area contributed by atoms with Gasteiger partial charge in [-0.2, -0.15) is 11.3 Å². The molecule has 17 heavy (non-hydrogen) atoms. The molecule has 0 aromatic carbocycles. The summed E-state index contributed by atoms with van der Waals surface area (Å²) in [6, 6.07) is 2.79. The van der Waals surface area contributed by atoms with Gasteiger partial charge >= 0.3 is 0 Å². The van der Waals surface area contributed by atoms with Crippen LogP contribution in [-0.2, 0) is 11.3 Å². The second kappa shape index (κ2) is 5.51. The Labute approximate surface area is 108 Å². The summed E-state index contributed by atoms with van der Waals surface area (Å²) in [7, 11) is 0. The van der Waals surface area contributed by atoms with E-state index in [1.807, 2.05) is 0 Å². The zero-order chi connectivity index (χ0) is 12.3. The van der Waals surface area contributed by atoms with Crippen LogP contribution in [0.2, 0.25) is 0 Å². The fourth-order valence-corrected chi connectivity index (χ4v) is 3.37. The standard InChI is InChI=1S/C14H23NOS/c1-4-14(3)12(8-13(14)16-5-2)15-9-11-6-7-17-10-11/h6-7,10,12-13,15H,4-5,8-9H2,1-3H3. The minimum atomic E-state index is 0.312. The second-order valence-corrected chi connectivity index (χ2v) is 5.88. The lowest BCUT2D eigenvalue weighted by atomic mass is 9.61. The maximum atomic E-state index is 5.81. The molecule has 1 N–H and O–H groups in total. The monoisotopic (exact) mass is 253 g/mol. The maximum absolute atomic E-state index is 5.81. The van der Waals surface area contributed by atoms with Crippen LogP contribution in [0, 0.1) is 5.41 Å². The highest BCUT2D eigenvalue weighted by atomic mass is 32.1. The van der Waals surface area contributed by atoms with Gasteiger partial charge in [-0.05, 0) is 42.2 Å². The molecule has 3 unspecified atom stereocenters. The lowest BCUT2D eigenvalue weighted by Crippen LogP contribution is -2.61. The van der Waals surface area contributed by atoms with Crippen LogP contribution in [0.3, 0.4) is 0 Å². The van der Waals surface area contributed by atoms with Crippen molar-refractivity contribution >= 4 is 11.3 Å². The molecule has 0 amide bonds. The summed E-state index contributed by atoms with van der Waals surface area (Å²) in [5.74, 6) is 0. The van der Waals surface area contributed by atoms with Crippen molar-refractivity contribution in [2.45, 2.75) is 52.3 Å². The predicted octanol–water partition coefficient (Wildman–Crippen LogP) is 3.43. The van der Waals surface area contributed by atoms with Gasteiger partial charge in [-0.1, -0.05) is 13.8 Å². The van der Waals surface area contributed by atoms with E-state index in [9.17, 15) is 0 Å². The van der Waals surface area contributed by atoms with Crippen molar-refractivity contribution in [2.75, 3.05) is 6.61 Å². The van der Waals surface area contributed by atoms with E-state index in [0.717, 1.165) is 19.6 Å². The van der Waals surface area contributed by atoms with Gasteiger partial charge in [0.25, 0.3) is 0 Å². The number of rotatable bonds is 6. The molecule has 0 spiro atoms. The second-order valence-electron chi connectivity index (χ2n) is 5.10. The molecule has 2 nitrogen and oxygen atoms in total. The van der Waals surface area contributed by atoms with Gasteiger partial charge in [-0.25, -0.2) is 0 Å². The molecule has 1 fully saturated rings. The third-order valence-corrected chi connectivity index (χ3v) is 4.98. The molecule has 1 aliphatic carbocycles. The number of thiophene rings is 1. The third-order valence-electron chi connectivity index (χ3n) is 4.24. The molecule has 1 heterocycles. The molecular formula is C14H23NOS. The largest absolute Gasteiger partial charge is 0.378 e. The fourth-order valence-electron chi connectivity index (χ4n) is 2.70. The van der Waals surface area contributed by atoms with Gasteiger partial charge in [-0.3, -0.25) is 0 Å². The Hall–Kier alpha value is -0.380. The van der Waals surface area contributed by atoms with Crippen LogP contribution in [0.4, 0.5) is 0 Å². The first-order valence-electron chi connectivity index (χ1n) is 6.56. The number of nitrogens with one attached hydrogen (secondary N) is 1. The number of ether oxygens (including phenoxy) is 1. The quantitative estimate of drug-likeness (QED) is 0.838. The SMILES string of the molecule is CCOC1CC(NCc2ccsc2)C1(C)CC. The normalized spacial score (nSPS) is 32.4. The molecule has 1 aromatic rings. The Morgan fingerprint density at radius 1 is 1.53 bits per heavy atom. The highest BCUT2D eigenvalue weighted by Gasteiger charge is 2.50. The minimum absolute atomic E-state index is 0.312. The van der Waals surface area contributed by atoms with Crippen LogP contribution in [0.5, 0.6) is 0 Å². The molecule has 0 bridgehead atoms. The first-order chi connectivity index (χ1) is 8.20. The Bertz CT molecular complexity index is 338. The van der Waals surface area contributed by atoms with E-state index in [1.165, 1.54) is 12.0 Å². The Morgan fingerprint density at radius 2 is 2.35 bits per heavy atom. The van der Waals surface area contributed by atoms with Crippen molar-refractivity contribution in [3.63, 3.8) is 0 Å². The summed E-state index contributed by atoms with van der Waals surface area (Å²) in [5.41, 5.74) is 1.71. The zero-order valence-electron chi connectivity index (χ0n) is 11.0. The van der Waals surface area contributed by atoms with Crippen molar-refractivity contribution in [3.8, 4) is 0 Å². The molecule has 0 radical (unpaired) electrons. The lowest BCUT2D eigenvalue weighted by molar-refractivity contribution is -0.126. The van der Waals surface area contributed by atoms with Crippen LogP contribution in [0.25, 0.3) is 0 Å². The fraction of sp³-hybridized carbons (Fsp3) is 0.714. The maximum Gasteiger partial charge on any atom is 0.0658 e. The topological polar surface area (TPSA) is 21.3 Å². The summed E-state index contributed by atoms with van der Waals surface area (Å²) in [6.07, 6.45) is 2.78. The van der Waals surface area contributed by atoms with E-state index in [-0.39, 0.29) is 0 Å². The summed E-state index contributed by atoms with van der Waals surface area (Å²) < 4.78 is 5.81. The number of hydrogen-bond acceptors (Lipinski definition) is 3. The molecule has 1 saturated carbocycles. The van der Waals surface area contributed by atoms with Crippen molar-refractivity contribution in [2.24, 2.45) is 5.41 Å². The molecule has 2 rings (SSSR count). The van der Waals surface area contributed by atoms with Crippen LogP contribution in [-0.4, -0.2) is 18.8 Å². The lowest BCUT2D eigenvalue weighted by Gasteiger charge is -2.53. The van der Waals surface area contributed by atoms with Crippen LogP contribution < -0.4 is 5.32 Å². The van der Waals surface area contributed by atoms with E-state index in [1.54, 1.807) is 11.3 Å². The van der Waals surface area contributed by atoms with Crippen molar-refractivity contribution in [3.05, 3.63) is 22.4 Å². The van der Waals surface area contributed by atoms with Gasteiger partial charge in [-0.15, -0.1) is 0 Å². The van der Waals surface area contributed by atoms with Crippen LogP contribution in [0.1, 0.15) is 39.2 Å². The summed E-state index contributed by atoms with van der Waals surface area (Å²) in [5, 5.41) is 8.03. The molecule has 3 atom stereocenters. The molecule has 1 aliphatic rings. The van der Waals surface area contributed by atoms with E-state index >= 15 is 0 Å². The van der Waals surface area contributed by atoms with E-state index < -0.39 is 0 Å². The summed E-state index contributed by atoms with van der Waals surface area (Å²) in [6.45, 7) is 8.52. The predicted molar refractivity (Wildman–Crippen MR) is 73.4 cm³/mol. The first kappa shape index (κ1) is 13.1. The smallest absolute Gasteiger partial charge is 0.0658 e. The highest BCUT2D eigenvalue weighted by Crippen LogP contribution is 2.45. The van der Waals surface area contributed by atoms with E-state index in [0.29, 0.717) is 17.6 Å². The third kappa shape index (κ3) is 2.56. The van der Waals surface area contributed by atoms with E-state index in [4.69, 9.17) is 4.74 Å². The molecular weight excluding hydrogens is 230 g/mol. The van der Waals surface area contributed by atoms with Crippen LogP contribution >= 0.6 is 11.3 Å². The molecule has 0 saturated heterocycles. The van der Waals surface area contributed by atoms with Crippen LogP contribution in [0.15, 0.2) is 16.8 Å². The highest BCUT2D eigenvalue weighted by molar-refractivity contribution is 7.07. The Kier molecular flexibility index (Phi) is 4.23. The van der Waals surface area contributed by atoms with Gasteiger partial charge < -0.3 is 10.1 Å². The van der Waals surface area contributed by atoms with Gasteiger partial charge in [0.2, 0.25) is 0 Å². The molecule has 3 heteroatoms. The first-order valence-corrected chi connectivity index (χ1v) is 7.51. The minimum Gasteiger partial charge on any atom is -0.378 e. The van der Waals surface area contributed by atoms with Crippen molar-refractivity contribution in [1.29, 1.82) is 0 Å². The van der Waals surface area contributed by atoms with Gasteiger partial charge in [0, 0.05) is 24.6 Å². The van der Waals surface area contributed by atoms with Gasteiger partial charge in [0.15, 0.2) is 0 Å². The van der Waals surface area contributed by atoms with Gasteiger partial charge in [0.05, 0.1) is 6.10 Å². The molecule has 96 valence electrons. The average molecular weight is 253 g/mol. The van der Waals surface area contributed by atoms with Crippen molar-refractivity contribution < 1.29 is 4.74 Å². The van der Waals surface area contributed by atoms with E-state index in [2.05, 4.69) is 42.9 Å². The zero-order valence-corrected chi connectivity index (χ0v) is 11.8. The molecule has 1 aromatic heterocycles. The summed E-state index contributed by atoms with van der Waals surface area (Å²) in [4.78, 5) is 0. The number of hydrogen-bond donors (Lipinski definition) is 1.